The predicted molar refractivity (Wildman–Crippen MR) is 68.9 cm³/mol. The highest BCUT2D eigenvalue weighted by atomic mass is 35.5. The molecule has 0 saturated heterocycles. The second-order valence-corrected chi connectivity index (χ2v) is 4.54. The van der Waals surface area contributed by atoms with Crippen LogP contribution >= 0.6 is 11.6 Å². The fourth-order valence-corrected chi connectivity index (χ4v) is 2.28. The van der Waals surface area contributed by atoms with Gasteiger partial charge in [0.25, 0.3) is 0 Å². The third-order valence-electron chi connectivity index (χ3n) is 3.10. The van der Waals surface area contributed by atoms with E-state index in [1.54, 1.807) is 17.9 Å². The zero-order valence-corrected chi connectivity index (χ0v) is 10.8. The maximum Gasteiger partial charge on any atom is 0.231 e. The monoisotopic (exact) mass is 265 g/mol. The predicted octanol–water partition coefficient (Wildman–Crippen LogP) is 2.36. The summed E-state index contributed by atoms with van der Waals surface area (Å²) in [6.07, 6.45) is 1.69. The smallest absolute Gasteiger partial charge is 0.231 e. The minimum Gasteiger partial charge on any atom is -0.454 e. The van der Waals surface area contributed by atoms with Crippen LogP contribution in [0.4, 0.5) is 5.82 Å². The Hall–Kier alpha value is -1.88. The summed E-state index contributed by atoms with van der Waals surface area (Å²) in [6.45, 7) is 2.12. The minimum atomic E-state index is 0.221. The zero-order chi connectivity index (χ0) is 12.9. The van der Waals surface area contributed by atoms with Gasteiger partial charge < -0.3 is 15.2 Å². The summed E-state index contributed by atoms with van der Waals surface area (Å²) in [5, 5.41) is 4.73. The van der Waals surface area contributed by atoms with Gasteiger partial charge in [0.05, 0.1) is 11.2 Å². The lowest BCUT2D eigenvalue weighted by Crippen LogP contribution is -1.98. The van der Waals surface area contributed by atoms with Crippen molar-refractivity contribution in [2.45, 2.75) is 6.92 Å². The number of hydrogen-bond donors (Lipinski definition) is 1. The van der Waals surface area contributed by atoms with Crippen molar-refractivity contribution in [2.75, 3.05) is 12.5 Å². The van der Waals surface area contributed by atoms with Crippen molar-refractivity contribution >= 4 is 17.4 Å². The van der Waals surface area contributed by atoms with Gasteiger partial charge in [-0.15, -0.1) is 0 Å². The molecule has 1 aromatic carbocycles. The molecule has 0 saturated carbocycles. The molecule has 1 aromatic heterocycles. The van der Waals surface area contributed by atoms with E-state index < -0.39 is 0 Å². The quantitative estimate of drug-likeness (QED) is 0.860. The highest BCUT2D eigenvalue weighted by Crippen LogP contribution is 2.45. The molecule has 3 rings (SSSR count). The first kappa shape index (κ1) is 11.2. The first-order valence-electron chi connectivity index (χ1n) is 5.46. The number of rotatable bonds is 1. The highest BCUT2D eigenvalue weighted by Gasteiger charge is 2.23. The number of aromatic nitrogens is 2. The van der Waals surface area contributed by atoms with E-state index in [4.69, 9.17) is 26.8 Å². The Morgan fingerprint density at radius 1 is 1.39 bits per heavy atom. The van der Waals surface area contributed by atoms with E-state index in [0.29, 0.717) is 22.3 Å². The summed E-state index contributed by atoms with van der Waals surface area (Å²) in [7, 11) is 1.78. The number of nitrogen functional groups attached to an aromatic ring is 1. The number of benzene rings is 1. The van der Waals surface area contributed by atoms with E-state index in [0.717, 1.165) is 16.7 Å². The van der Waals surface area contributed by atoms with Crippen LogP contribution in [0.25, 0.3) is 11.1 Å². The van der Waals surface area contributed by atoms with E-state index in [1.165, 1.54) is 0 Å². The third-order valence-corrected chi connectivity index (χ3v) is 3.59. The molecule has 0 fully saturated rings. The Balaban J connectivity index is 2.25. The third kappa shape index (κ3) is 1.44. The lowest BCUT2D eigenvalue weighted by Gasteiger charge is -2.09. The Morgan fingerprint density at radius 3 is 2.83 bits per heavy atom. The molecule has 0 unspecified atom stereocenters. The minimum absolute atomic E-state index is 0.221. The Morgan fingerprint density at radius 2 is 2.17 bits per heavy atom. The van der Waals surface area contributed by atoms with Crippen LogP contribution in [0.15, 0.2) is 12.3 Å². The van der Waals surface area contributed by atoms with Crippen molar-refractivity contribution in [2.24, 2.45) is 7.05 Å². The van der Waals surface area contributed by atoms with E-state index in [9.17, 15) is 0 Å². The molecule has 2 N–H and O–H groups in total. The SMILES string of the molecule is Cc1c(Cl)c(-c2cnn(C)c2N)cc2c1OCO2. The van der Waals surface area contributed by atoms with Gasteiger partial charge in [-0.2, -0.15) is 5.10 Å². The van der Waals surface area contributed by atoms with Crippen LogP contribution < -0.4 is 15.2 Å². The molecule has 2 aromatic rings. The van der Waals surface area contributed by atoms with Crippen LogP contribution in [0.1, 0.15) is 5.56 Å². The van der Waals surface area contributed by atoms with Gasteiger partial charge in [0.15, 0.2) is 11.5 Å². The fraction of sp³-hybridized carbons (Fsp3) is 0.250. The number of nitrogens with two attached hydrogens (primary N) is 1. The molecule has 94 valence electrons. The van der Waals surface area contributed by atoms with Gasteiger partial charge in [-0.3, -0.25) is 4.68 Å². The van der Waals surface area contributed by atoms with Gasteiger partial charge in [0, 0.05) is 23.7 Å². The van der Waals surface area contributed by atoms with Crippen LogP contribution in [0.2, 0.25) is 5.02 Å². The van der Waals surface area contributed by atoms with E-state index in [2.05, 4.69) is 5.10 Å². The van der Waals surface area contributed by atoms with Gasteiger partial charge >= 0.3 is 0 Å². The van der Waals surface area contributed by atoms with Crippen LogP contribution in [0.5, 0.6) is 11.5 Å². The molecule has 6 heteroatoms. The van der Waals surface area contributed by atoms with Crippen LogP contribution in [0, 0.1) is 6.92 Å². The number of anilines is 1. The molecule has 0 amide bonds. The highest BCUT2D eigenvalue weighted by molar-refractivity contribution is 6.34. The first-order chi connectivity index (χ1) is 8.59. The van der Waals surface area contributed by atoms with Crippen LogP contribution in [0.3, 0.4) is 0 Å². The molecule has 0 atom stereocenters. The Labute approximate surface area is 109 Å². The van der Waals surface area contributed by atoms with Gasteiger partial charge in [-0.25, -0.2) is 0 Å². The molecule has 18 heavy (non-hydrogen) atoms. The van der Waals surface area contributed by atoms with Gasteiger partial charge in [0.2, 0.25) is 6.79 Å². The van der Waals surface area contributed by atoms with Crippen molar-refractivity contribution < 1.29 is 9.47 Å². The second kappa shape index (κ2) is 3.81. The molecule has 5 nitrogen and oxygen atoms in total. The molecular weight excluding hydrogens is 254 g/mol. The second-order valence-electron chi connectivity index (χ2n) is 4.16. The van der Waals surface area contributed by atoms with Crippen molar-refractivity contribution in [3.63, 3.8) is 0 Å². The standard InChI is InChI=1S/C12H12ClN3O2/c1-6-10(13)7(3-9-11(6)18-5-17-9)8-4-15-16(2)12(8)14/h3-4H,5,14H2,1-2H3. The average Bonchev–Trinajstić information content (AvgIpc) is 2.93. The van der Waals surface area contributed by atoms with E-state index in [-0.39, 0.29) is 6.79 Å². The fourth-order valence-electron chi connectivity index (χ4n) is 2.04. The van der Waals surface area contributed by atoms with Gasteiger partial charge in [-0.1, -0.05) is 11.6 Å². The lowest BCUT2D eigenvalue weighted by molar-refractivity contribution is 0.173. The summed E-state index contributed by atoms with van der Waals surface area (Å²) in [6, 6.07) is 1.84. The first-order valence-corrected chi connectivity index (χ1v) is 5.84. The maximum absolute atomic E-state index is 6.36. The molecule has 1 aliphatic heterocycles. The zero-order valence-electron chi connectivity index (χ0n) is 10.0. The topological polar surface area (TPSA) is 62.3 Å². The number of nitrogens with zero attached hydrogens (tertiary/aromatic N) is 2. The van der Waals surface area contributed by atoms with Crippen LogP contribution in [-0.4, -0.2) is 16.6 Å². The van der Waals surface area contributed by atoms with E-state index >= 15 is 0 Å². The summed E-state index contributed by atoms with van der Waals surface area (Å²) in [4.78, 5) is 0. The molecule has 0 radical (unpaired) electrons. The lowest BCUT2D eigenvalue weighted by atomic mass is 10.0. The van der Waals surface area contributed by atoms with Gasteiger partial charge in [-0.05, 0) is 13.0 Å². The van der Waals surface area contributed by atoms with Crippen molar-refractivity contribution in [1.29, 1.82) is 0 Å². The number of fused-ring (bicyclic) bond motifs is 1. The maximum atomic E-state index is 6.36. The summed E-state index contributed by atoms with van der Waals surface area (Å²) < 4.78 is 12.4. The number of aryl methyl sites for hydroxylation is 1. The average molecular weight is 266 g/mol. The molecule has 1 aliphatic rings. The van der Waals surface area contributed by atoms with Crippen molar-refractivity contribution in [3.8, 4) is 22.6 Å². The van der Waals surface area contributed by atoms with Gasteiger partial charge in [0.1, 0.15) is 5.82 Å². The molecular formula is C12H12ClN3O2. The van der Waals surface area contributed by atoms with Crippen molar-refractivity contribution in [1.82, 2.24) is 9.78 Å². The normalized spacial score (nSPS) is 13.1. The summed E-state index contributed by atoms with van der Waals surface area (Å²) >= 11 is 6.36. The number of ether oxygens (including phenoxy) is 2. The summed E-state index contributed by atoms with van der Waals surface area (Å²) in [5.74, 6) is 1.96. The van der Waals surface area contributed by atoms with Crippen molar-refractivity contribution in [3.05, 3.63) is 22.8 Å². The molecule has 0 aliphatic carbocycles. The number of hydrogen-bond acceptors (Lipinski definition) is 4. The summed E-state index contributed by atoms with van der Waals surface area (Å²) in [5.41, 5.74) is 8.42. The molecule has 0 spiro atoms. The largest absolute Gasteiger partial charge is 0.454 e. The Bertz CT molecular complexity index is 637. The Kier molecular flexibility index (Phi) is 2.38. The molecule has 2 heterocycles. The number of halogens is 1. The van der Waals surface area contributed by atoms with E-state index in [1.807, 2.05) is 13.0 Å². The molecule has 0 bridgehead atoms. The van der Waals surface area contributed by atoms with Crippen LogP contribution in [-0.2, 0) is 7.05 Å².